The van der Waals surface area contributed by atoms with Crippen molar-refractivity contribution < 1.29 is 5.11 Å². The molecular formula is C15H18N2OS2. The van der Waals surface area contributed by atoms with Crippen LogP contribution in [0.15, 0.2) is 30.3 Å². The van der Waals surface area contributed by atoms with E-state index in [-0.39, 0.29) is 6.61 Å². The third kappa shape index (κ3) is 3.22. The molecule has 1 aromatic heterocycles. The second-order valence-electron chi connectivity index (χ2n) is 4.80. The normalized spacial score (nSPS) is 19.1. The number of fused-ring (bicyclic) bond motifs is 1. The van der Waals surface area contributed by atoms with Gasteiger partial charge in [-0.25, -0.2) is 4.98 Å². The fourth-order valence-electron chi connectivity index (χ4n) is 2.30. The molecule has 0 bridgehead atoms. The Labute approximate surface area is 127 Å². The van der Waals surface area contributed by atoms with Crippen molar-refractivity contribution in [3.05, 3.63) is 35.9 Å². The van der Waals surface area contributed by atoms with E-state index in [1.807, 2.05) is 53.9 Å². The van der Waals surface area contributed by atoms with E-state index in [1.54, 1.807) is 0 Å². The van der Waals surface area contributed by atoms with Crippen LogP contribution in [0.4, 0.5) is 5.82 Å². The third-order valence-electron chi connectivity index (χ3n) is 3.36. The number of hydrogen-bond donors (Lipinski definition) is 2. The number of benzene rings is 1. The van der Waals surface area contributed by atoms with Crippen molar-refractivity contribution in [2.24, 2.45) is 0 Å². The first-order chi connectivity index (χ1) is 9.86. The van der Waals surface area contributed by atoms with Crippen molar-refractivity contribution in [2.45, 2.75) is 11.9 Å². The molecule has 1 aliphatic heterocycles. The van der Waals surface area contributed by atoms with Crippen molar-refractivity contribution in [2.75, 3.05) is 29.1 Å². The van der Waals surface area contributed by atoms with E-state index in [1.165, 1.54) is 17.3 Å². The number of rotatable bonds is 4. The number of aliphatic hydroxyl groups is 1. The maximum absolute atomic E-state index is 9.53. The summed E-state index contributed by atoms with van der Waals surface area (Å²) in [5, 5.41) is 14.7. The highest BCUT2D eigenvalue weighted by Gasteiger charge is 2.15. The van der Waals surface area contributed by atoms with Gasteiger partial charge in [-0.3, -0.25) is 0 Å². The Morgan fingerprint density at radius 3 is 3.00 bits per heavy atom. The molecule has 1 saturated heterocycles. The van der Waals surface area contributed by atoms with Crippen LogP contribution in [0.25, 0.3) is 10.9 Å². The molecule has 1 aromatic carbocycles. The average molecular weight is 306 g/mol. The smallest absolute Gasteiger partial charge is 0.132 e. The fraction of sp³-hybridized carbons (Fsp3) is 0.400. The summed E-state index contributed by atoms with van der Waals surface area (Å²) in [6.07, 6.45) is 0. The van der Waals surface area contributed by atoms with Crippen LogP contribution >= 0.6 is 23.5 Å². The monoisotopic (exact) mass is 306 g/mol. The standard InChI is InChI=1S/C15H18N2OS2/c18-9-12-7-11-3-1-2-4-14(11)17-15(12)16-8-13-10-19-5-6-20-13/h1-4,7,13,18H,5-6,8-10H2,(H,16,17). The van der Waals surface area contributed by atoms with Crippen LogP contribution in [0.2, 0.25) is 0 Å². The largest absolute Gasteiger partial charge is 0.392 e. The summed E-state index contributed by atoms with van der Waals surface area (Å²) in [7, 11) is 0. The van der Waals surface area contributed by atoms with Gasteiger partial charge in [-0.1, -0.05) is 18.2 Å². The van der Waals surface area contributed by atoms with Gasteiger partial charge in [0.15, 0.2) is 0 Å². The quantitative estimate of drug-likeness (QED) is 0.909. The molecule has 106 valence electrons. The average Bonchev–Trinajstić information content (AvgIpc) is 2.53. The van der Waals surface area contributed by atoms with Gasteiger partial charge in [0, 0.05) is 40.0 Å². The van der Waals surface area contributed by atoms with Crippen LogP contribution in [0.5, 0.6) is 0 Å². The minimum Gasteiger partial charge on any atom is -0.392 e. The summed E-state index contributed by atoms with van der Waals surface area (Å²) in [5.41, 5.74) is 1.84. The molecule has 3 rings (SSSR count). The predicted octanol–water partition coefficient (Wildman–Crippen LogP) is 2.99. The van der Waals surface area contributed by atoms with Gasteiger partial charge in [-0.2, -0.15) is 23.5 Å². The van der Waals surface area contributed by atoms with Crippen LogP contribution in [0, 0.1) is 0 Å². The fourth-order valence-corrected chi connectivity index (χ4v) is 4.91. The van der Waals surface area contributed by atoms with Crippen LogP contribution in [0.3, 0.4) is 0 Å². The van der Waals surface area contributed by atoms with Gasteiger partial charge in [0.25, 0.3) is 0 Å². The Kier molecular flexibility index (Phi) is 4.70. The zero-order chi connectivity index (χ0) is 13.8. The Morgan fingerprint density at radius 2 is 2.20 bits per heavy atom. The second-order valence-corrected chi connectivity index (χ2v) is 7.35. The van der Waals surface area contributed by atoms with Crippen molar-refractivity contribution in [3.8, 4) is 0 Å². The van der Waals surface area contributed by atoms with Crippen LogP contribution in [0.1, 0.15) is 5.56 Å². The lowest BCUT2D eigenvalue weighted by Crippen LogP contribution is -2.24. The molecule has 0 radical (unpaired) electrons. The van der Waals surface area contributed by atoms with Crippen LogP contribution in [-0.4, -0.2) is 39.1 Å². The van der Waals surface area contributed by atoms with E-state index in [2.05, 4.69) is 10.3 Å². The van der Waals surface area contributed by atoms with Crippen molar-refractivity contribution in [1.29, 1.82) is 0 Å². The lowest BCUT2D eigenvalue weighted by Gasteiger charge is -2.22. The first-order valence-electron chi connectivity index (χ1n) is 6.79. The number of aliphatic hydroxyl groups excluding tert-OH is 1. The number of nitrogens with zero attached hydrogens (tertiary/aromatic N) is 1. The molecule has 20 heavy (non-hydrogen) atoms. The summed E-state index contributed by atoms with van der Waals surface area (Å²) in [4.78, 5) is 4.64. The van der Waals surface area contributed by atoms with Crippen molar-refractivity contribution >= 4 is 40.2 Å². The Morgan fingerprint density at radius 1 is 1.30 bits per heavy atom. The number of nitrogens with one attached hydrogen (secondary N) is 1. The molecule has 1 unspecified atom stereocenters. The molecule has 5 heteroatoms. The van der Waals surface area contributed by atoms with Gasteiger partial charge in [0.1, 0.15) is 5.82 Å². The van der Waals surface area contributed by atoms with Crippen molar-refractivity contribution in [3.63, 3.8) is 0 Å². The van der Waals surface area contributed by atoms with Gasteiger partial charge in [-0.05, 0) is 12.1 Å². The van der Waals surface area contributed by atoms with Crippen molar-refractivity contribution in [1.82, 2.24) is 4.98 Å². The lowest BCUT2D eigenvalue weighted by atomic mass is 10.1. The van der Waals surface area contributed by atoms with E-state index in [9.17, 15) is 5.11 Å². The predicted molar refractivity (Wildman–Crippen MR) is 89.7 cm³/mol. The molecule has 0 amide bonds. The summed E-state index contributed by atoms with van der Waals surface area (Å²) in [5.74, 6) is 4.51. The SMILES string of the molecule is OCc1cc2ccccc2nc1NCC1CSCCS1. The highest BCUT2D eigenvalue weighted by Crippen LogP contribution is 2.25. The number of anilines is 1. The first-order valence-corrected chi connectivity index (χ1v) is 9.00. The van der Waals surface area contributed by atoms with Crippen LogP contribution < -0.4 is 5.32 Å². The zero-order valence-electron chi connectivity index (χ0n) is 11.2. The Bertz CT molecular complexity index is 585. The summed E-state index contributed by atoms with van der Waals surface area (Å²) < 4.78 is 0. The number of thioether (sulfide) groups is 2. The molecule has 0 saturated carbocycles. The molecule has 0 aliphatic carbocycles. The van der Waals surface area contributed by atoms with E-state index < -0.39 is 0 Å². The van der Waals surface area contributed by atoms with Gasteiger partial charge < -0.3 is 10.4 Å². The molecule has 1 fully saturated rings. The maximum Gasteiger partial charge on any atom is 0.132 e. The minimum absolute atomic E-state index is 0.0206. The number of pyridine rings is 1. The molecule has 0 spiro atoms. The van der Waals surface area contributed by atoms with E-state index in [0.29, 0.717) is 5.25 Å². The molecule has 1 atom stereocenters. The van der Waals surface area contributed by atoms with Gasteiger partial charge in [-0.15, -0.1) is 0 Å². The Balaban J connectivity index is 1.78. The highest BCUT2D eigenvalue weighted by molar-refractivity contribution is 8.06. The van der Waals surface area contributed by atoms with Gasteiger partial charge in [0.2, 0.25) is 0 Å². The summed E-state index contributed by atoms with van der Waals surface area (Å²) in [6, 6.07) is 10.0. The Hall–Kier alpha value is -0.910. The van der Waals surface area contributed by atoms with E-state index in [0.717, 1.165) is 28.8 Å². The number of aromatic nitrogens is 1. The zero-order valence-corrected chi connectivity index (χ0v) is 12.8. The third-order valence-corrected chi connectivity index (χ3v) is 6.20. The maximum atomic E-state index is 9.53. The molecular weight excluding hydrogens is 288 g/mol. The first kappa shape index (κ1) is 14.0. The number of para-hydroxylation sites is 1. The lowest BCUT2D eigenvalue weighted by molar-refractivity contribution is 0.282. The molecule has 1 aliphatic rings. The molecule has 3 nitrogen and oxygen atoms in total. The summed E-state index contributed by atoms with van der Waals surface area (Å²) in [6.45, 7) is 0.933. The molecule has 2 aromatic rings. The number of hydrogen-bond acceptors (Lipinski definition) is 5. The topological polar surface area (TPSA) is 45.2 Å². The van der Waals surface area contributed by atoms with Gasteiger partial charge in [0.05, 0.1) is 12.1 Å². The molecule has 2 N–H and O–H groups in total. The molecule has 2 heterocycles. The van der Waals surface area contributed by atoms with E-state index in [4.69, 9.17) is 0 Å². The van der Waals surface area contributed by atoms with Crippen LogP contribution in [-0.2, 0) is 6.61 Å². The van der Waals surface area contributed by atoms with E-state index >= 15 is 0 Å². The highest BCUT2D eigenvalue weighted by atomic mass is 32.2. The minimum atomic E-state index is 0.0206. The summed E-state index contributed by atoms with van der Waals surface area (Å²) >= 11 is 4.05. The van der Waals surface area contributed by atoms with Gasteiger partial charge >= 0.3 is 0 Å². The second kappa shape index (κ2) is 6.70.